The first-order valence-corrected chi connectivity index (χ1v) is 5.98. The summed E-state index contributed by atoms with van der Waals surface area (Å²) in [5, 5.41) is 3.59. The van der Waals surface area contributed by atoms with E-state index in [1.807, 2.05) is 6.08 Å². The van der Waals surface area contributed by atoms with Gasteiger partial charge in [-0.25, -0.2) is 0 Å². The number of rotatable bonds is 5. The van der Waals surface area contributed by atoms with Gasteiger partial charge >= 0.3 is 0 Å². The van der Waals surface area contributed by atoms with Crippen LogP contribution < -0.4 is 5.32 Å². The maximum atomic E-state index is 3.77. The van der Waals surface area contributed by atoms with Crippen molar-refractivity contribution in [2.24, 2.45) is 0 Å². The molecule has 0 aliphatic carbocycles. The fourth-order valence-corrected chi connectivity index (χ4v) is 2.15. The molecule has 0 aliphatic rings. The molecule has 1 aromatic rings. The van der Waals surface area contributed by atoms with Gasteiger partial charge in [0, 0.05) is 12.1 Å². The van der Waals surface area contributed by atoms with E-state index in [2.05, 4.69) is 57.8 Å². The zero-order chi connectivity index (χ0) is 12.1. The van der Waals surface area contributed by atoms with Crippen LogP contribution in [0.25, 0.3) is 0 Å². The Balaban J connectivity index is 2.72. The molecular formula is C15H23N. The summed E-state index contributed by atoms with van der Waals surface area (Å²) in [5.74, 6) is 0. The molecule has 16 heavy (non-hydrogen) atoms. The number of hydrogen-bond acceptors (Lipinski definition) is 1. The predicted molar refractivity (Wildman–Crippen MR) is 71.7 cm³/mol. The highest BCUT2D eigenvalue weighted by Crippen LogP contribution is 2.19. The molecule has 0 spiro atoms. The number of aryl methyl sites for hydroxylation is 2. The molecule has 0 saturated carbocycles. The van der Waals surface area contributed by atoms with E-state index in [1.54, 1.807) is 0 Å². The predicted octanol–water partition coefficient (Wildman–Crippen LogP) is 3.92. The van der Waals surface area contributed by atoms with Crippen molar-refractivity contribution in [2.45, 2.75) is 46.2 Å². The average molecular weight is 217 g/mol. The van der Waals surface area contributed by atoms with Gasteiger partial charge in [0.25, 0.3) is 0 Å². The van der Waals surface area contributed by atoms with Gasteiger partial charge in [-0.1, -0.05) is 29.8 Å². The summed E-state index contributed by atoms with van der Waals surface area (Å²) in [6.07, 6.45) is 2.97. The summed E-state index contributed by atoms with van der Waals surface area (Å²) in [5.41, 5.74) is 4.08. The first kappa shape index (κ1) is 13.0. The van der Waals surface area contributed by atoms with Crippen LogP contribution in [0.2, 0.25) is 0 Å². The monoisotopic (exact) mass is 217 g/mol. The van der Waals surface area contributed by atoms with Crippen LogP contribution in [0.3, 0.4) is 0 Å². The molecule has 1 aromatic carbocycles. The molecular weight excluding hydrogens is 194 g/mol. The van der Waals surface area contributed by atoms with Crippen molar-refractivity contribution in [2.75, 3.05) is 0 Å². The van der Waals surface area contributed by atoms with Gasteiger partial charge in [0.15, 0.2) is 0 Å². The van der Waals surface area contributed by atoms with Gasteiger partial charge in [-0.15, -0.1) is 6.58 Å². The molecule has 0 fully saturated rings. The van der Waals surface area contributed by atoms with E-state index in [9.17, 15) is 0 Å². The number of hydrogen-bond donors (Lipinski definition) is 1. The van der Waals surface area contributed by atoms with Gasteiger partial charge in [-0.2, -0.15) is 0 Å². The smallest absolute Gasteiger partial charge is 0.0296 e. The third-order valence-corrected chi connectivity index (χ3v) is 2.95. The lowest BCUT2D eigenvalue weighted by Gasteiger charge is -2.21. The molecule has 2 unspecified atom stereocenters. The van der Waals surface area contributed by atoms with Gasteiger partial charge < -0.3 is 5.32 Å². The van der Waals surface area contributed by atoms with Crippen LogP contribution in [0, 0.1) is 13.8 Å². The first-order valence-electron chi connectivity index (χ1n) is 5.98. The molecule has 1 nitrogen and oxygen atoms in total. The van der Waals surface area contributed by atoms with Crippen molar-refractivity contribution in [1.82, 2.24) is 5.32 Å². The van der Waals surface area contributed by atoms with Crippen LogP contribution in [0.1, 0.15) is 43.0 Å². The molecule has 1 N–H and O–H groups in total. The van der Waals surface area contributed by atoms with Crippen LogP contribution in [-0.4, -0.2) is 6.04 Å². The van der Waals surface area contributed by atoms with Gasteiger partial charge in [-0.05, 0) is 45.2 Å². The van der Waals surface area contributed by atoms with Gasteiger partial charge in [0.05, 0.1) is 0 Å². The lowest BCUT2D eigenvalue weighted by Crippen LogP contribution is -2.28. The highest BCUT2D eigenvalue weighted by Gasteiger charge is 2.10. The Morgan fingerprint density at radius 1 is 1.31 bits per heavy atom. The SMILES string of the molecule is C=CCC(C)NC(C)c1ccc(C)cc1C. The van der Waals surface area contributed by atoms with Crippen molar-refractivity contribution in [1.29, 1.82) is 0 Å². The normalized spacial score (nSPS) is 14.5. The highest BCUT2D eigenvalue weighted by molar-refractivity contribution is 5.32. The van der Waals surface area contributed by atoms with Crippen LogP contribution in [-0.2, 0) is 0 Å². The van der Waals surface area contributed by atoms with E-state index >= 15 is 0 Å². The molecule has 88 valence electrons. The van der Waals surface area contributed by atoms with E-state index < -0.39 is 0 Å². The Hall–Kier alpha value is -1.08. The molecule has 0 bridgehead atoms. The van der Waals surface area contributed by atoms with Crippen molar-refractivity contribution in [3.63, 3.8) is 0 Å². The molecule has 0 saturated heterocycles. The molecule has 1 heteroatoms. The van der Waals surface area contributed by atoms with Crippen molar-refractivity contribution in [3.8, 4) is 0 Å². The average Bonchev–Trinajstić information content (AvgIpc) is 2.17. The minimum atomic E-state index is 0.399. The van der Waals surface area contributed by atoms with Crippen LogP contribution in [0.15, 0.2) is 30.9 Å². The van der Waals surface area contributed by atoms with E-state index in [4.69, 9.17) is 0 Å². The van der Waals surface area contributed by atoms with Crippen molar-refractivity contribution >= 4 is 0 Å². The minimum Gasteiger partial charge on any atom is -0.307 e. The summed E-state index contributed by atoms with van der Waals surface area (Å²) in [7, 11) is 0. The number of benzene rings is 1. The van der Waals surface area contributed by atoms with Crippen LogP contribution in [0.5, 0.6) is 0 Å². The third kappa shape index (κ3) is 3.49. The Morgan fingerprint density at radius 3 is 2.56 bits per heavy atom. The summed E-state index contributed by atoms with van der Waals surface area (Å²) in [6.45, 7) is 12.5. The van der Waals surface area contributed by atoms with Gasteiger partial charge in [-0.3, -0.25) is 0 Å². The largest absolute Gasteiger partial charge is 0.307 e. The van der Waals surface area contributed by atoms with Gasteiger partial charge in [0.1, 0.15) is 0 Å². The minimum absolute atomic E-state index is 0.399. The topological polar surface area (TPSA) is 12.0 Å². The fourth-order valence-electron chi connectivity index (χ4n) is 2.15. The second-order valence-electron chi connectivity index (χ2n) is 4.67. The van der Waals surface area contributed by atoms with Crippen molar-refractivity contribution < 1.29 is 0 Å². The summed E-state index contributed by atoms with van der Waals surface area (Å²) < 4.78 is 0. The summed E-state index contributed by atoms with van der Waals surface area (Å²) >= 11 is 0. The molecule has 0 aromatic heterocycles. The van der Waals surface area contributed by atoms with Gasteiger partial charge in [0.2, 0.25) is 0 Å². The Bertz CT molecular complexity index is 354. The Kier molecular flexibility index (Phi) is 4.75. The highest BCUT2D eigenvalue weighted by atomic mass is 14.9. The maximum Gasteiger partial charge on any atom is 0.0296 e. The molecule has 0 heterocycles. The molecule has 1 rings (SSSR count). The maximum absolute atomic E-state index is 3.77. The second-order valence-corrected chi connectivity index (χ2v) is 4.67. The van der Waals surface area contributed by atoms with E-state index in [0.717, 1.165) is 6.42 Å². The van der Waals surface area contributed by atoms with Crippen LogP contribution >= 0.6 is 0 Å². The molecule has 0 amide bonds. The Morgan fingerprint density at radius 2 is 2.00 bits per heavy atom. The fraction of sp³-hybridized carbons (Fsp3) is 0.467. The quantitative estimate of drug-likeness (QED) is 0.737. The first-order chi connectivity index (χ1) is 7.54. The van der Waals surface area contributed by atoms with E-state index in [-0.39, 0.29) is 0 Å². The zero-order valence-corrected chi connectivity index (χ0v) is 10.9. The Labute approximate surface area is 99.6 Å². The van der Waals surface area contributed by atoms with E-state index in [0.29, 0.717) is 12.1 Å². The zero-order valence-electron chi connectivity index (χ0n) is 10.9. The molecule has 0 aliphatic heterocycles. The molecule has 2 atom stereocenters. The molecule has 0 radical (unpaired) electrons. The van der Waals surface area contributed by atoms with Crippen LogP contribution in [0.4, 0.5) is 0 Å². The van der Waals surface area contributed by atoms with Crippen molar-refractivity contribution in [3.05, 3.63) is 47.5 Å². The summed E-state index contributed by atoms with van der Waals surface area (Å²) in [6, 6.07) is 7.52. The third-order valence-electron chi connectivity index (χ3n) is 2.95. The lowest BCUT2D eigenvalue weighted by molar-refractivity contribution is 0.481. The lowest BCUT2D eigenvalue weighted by atomic mass is 9.99. The standard InChI is InChI=1S/C15H23N/c1-6-7-13(4)16-14(5)15-9-8-11(2)10-12(15)3/h6,8-10,13-14,16H,1,7H2,2-5H3. The van der Waals surface area contributed by atoms with E-state index in [1.165, 1.54) is 16.7 Å². The second kappa shape index (κ2) is 5.86. The number of nitrogens with one attached hydrogen (secondary N) is 1. The summed E-state index contributed by atoms with van der Waals surface area (Å²) in [4.78, 5) is 0.